The molecule has 1 atom stereocenters. The number of hydrogen-bond donors (Lipinski definition) is 2. The summed E-state index contributed by atoms with van der Waals surface area (Å²) in [5.74, 6) is 0.743. The molecule has 1 aliphatic heterocycles. The standard InChI is InChI=1S/C18H26N6O2/c1-5-15(25)23-6-7-24(12(4)10-23)14-9-20-17-16(22-14)13(8-19-17)18(26)21-11(2)3/h8-9,11-12H,5-7,10H2,1-4H3,(H,19,20)(H,21,26)/t12-/m0/s1. The molecule has 2 N–H and O–H groups in total. The molecule has 1 fully saturated rings. The van der Waals surface area contributed by atoms with Gasteiger partial charge in [0.25, 0.3) is 5.91 Å². The number of aromatic nitrogens is 3. The number of amides is 2. The Morgan fingerprint density at radius 2 is 2.15 bits per heavy atom. The molecule has 2 aromatic rings. The smallest absolute Gasteiger partial charge is 0.255 e. The van der Waals surface area contributed by atoms with Crippen molar-refractivity contribution in [2.45, 2.75) is 46.2 Å². The summed E-state index contributed by atoms with van der Waals surface area (Å²) in [5.41, 5.74) is 1.66. The topological polar surface area (TPSA) is 94.2 Å². The monoisotopic (exact) mass is 358 g/mol. The van der Waals surface area contributed by atoms with Crippen molar-refractivity contribution in [1.82, 2.24) is 25.2 Å². The van der Waals surface area contributed by atoms with Gasteiger partial charge in [-0.2, -0.15) is 0 Å². The minimum absolute atomic E-state index is 0.0489. The number of H-pyrrole nitrogens is 1. The molecule has 0 aromatic carbocycles. The van der Waals surface area contributed by atoms with Crippen LogP contribution in [0.25, 0.3) is 11.2 Å². The van der Waals surface area contributed by atoms with Gasteiger partial charge >= 0.3 is 0 Å². The Labute approximate surface area is 153 Å². The molecule has 0 bridgehead atoms. The maximum absolute atomic E-state index is 12.4. The van der Waals surface area contributed by atoms with E-state index in [1.165, 1.54) is 0 Å². The van der Waals surface area contributed by atoms with Crippen LogP contribution in [0, 0.1) is 0 Å². The zero-order chi connectivity index (χ0) is 18.8. The van der Waals surface area contributed by atoms with Crippen LogP contribution >= 0.6 is 0 Å². The average molecular weight is 358 g/mol. The lowest BCUT2D eigenvalue weighted by Gasteiger charge is -2.40. The van der Waals surface area contributed by atoms with E-state index in [9.17, 15) is 9.59 Å². The molecule has 0 unspecified atom stereocenters. The molecule has 0 radical (unpaired) electrons. The van der Waals surface area contributed by atoms with E-state index in [0.29, 0.717) is 42.8 Å². The number of nitrogens with zero attached hydrogens (tertiary/aromatic N) is 4. The summed E-state index contributed by atoms with van der Waals surface area (Å²) in [6.07, 6.45) is 3.89. The van der Waals surface area contributed by atoms with Crippen LogP contribution in [0.2, 0.25) is 0 Å². The number of carbonyl (C=O) groups is 2. The minimum atomic E-state index is -0.163. The lowest BCUT2D eigenvalue weighted by atomic mass is 10.2. The van der Waals surface area contributed by atoms with Gasteiger partial charge in [0, 0.05) is 44.3 Å². The predicted molar refractivity (Wildman–Crippen MR) is 100 cm³/mol. The molecule has 26 heavy (non-hydrogen) atoms. The molecule has 0 saturated carbocycles. The molecule has 1 aliphatic rings. The number of nitrogens with one attached hydrogen (secondary N) is 2. The number of anilines is 1. The van der Waals surface area contributed by atoms with Crippen LogP contribution in [0.15, 0.2) is 12.4 Å². The molecule has 8 nitrogen and oxygen atoms in total. The molecule has 2 aromatic heterocycles. The number of piperazine rings is 1. The Hall–Kier alpha value is -2.64. The maximum atomic E-state index is 12.4. The first-order chi connectivity index (χ1) is 12.4. The number of fused-ring (bicyclic) bond motifs is 1. The van der Waals surface area contributed by atoms with E-state index in [4.69, 9.17) is 4.98 Å². The summed E-state index contributed by atoms with van der Waals surface area (Å²) in [7, 11) is 0. The Morgan fingerprint density at radius 1 is 1.38 bits per heavy atom. The fourth-order valence-electron chi connectivity index (χ4n) is 3.28. The summed E-state index contributed by atoms with van der Waals surface area (Å²) in [5, 5.41) is 2.89. The number of rotatable bonds is 4. The van der Waals surface area contributed by atoms with Gasteiger partial charge < -0.3 is 20.1 Å². The predicted octanol–water partition coefficient (Wildman–Crippen LogP) is 1.54. The quantitative estimate of drug-likeness (QED) is 0.865. The first-order valence-electron chi connectivity index (χ1n) is 9.10. The van der Waals surface area contributed by atoms with Crippen molar-refractivity contribution in [2.24, 2.45) is 0 Å². The highest BCUT2D eigenvalue weighted by molar-refractivity contribution is 6.04. The van der Waals surface area contributed by atoms with Crippen molar-refractivity contribution in [3.63, 3.8) is 0 Å². The Bertz CT molecular complexity index is 815. The van der Waals surface area contributed by atoms with Crippen LogP contribution in [0.1, 0.15) is 44.5 Å². The zero-order valence-electron chi connectivity index (χ0n) is 15.7. The van der Waals surface area contributed by atoms with Crippen molar-refractivity contribution >= 4 is 28.8 Å². The number of hydrogen-bond acceptors (Lipinski definition) is 5. The molecule has 1 saturated heterocycles. The van der Waals surface area contributed by atoms with E-state index in [1.54, 1.807) is 12.4 Å². The third-order valence-corrected chi connectivity index (χ3v) is 4.61. The summed E-state index contributed by atoms with van der Waals surface area (Å²) >= 11 is 0. The fraction of sp³-hybridized carbons (Fsp3) is 0.556. The summed E-state index contributed by atoms with van der Waals surface area (Å²) in [4.78, 5) is 40.5. The lowest BCUT2D eigenvalue weighted by Crippen LogP contribution is -2.54. The molecule has 0 spiro atoms. The summed E-state index contributed by atoms with van der Waals surface area (Å²) in [6.45, 7) is 9.83. The van der Waals surface area contributed by atoms with Crippen LogP contribution in [-0.2, 0) is 4.79 Å². The van der Waals surface area contributed by atoms with E-state index >= 15 is 0 Å². The van der Waals surface area contributed by atoms with Gasteiger partial charge in [-0.15, -0.1) is 0 Å². The van der Waals surface area contributed by atoms with Crippen molar-refractivity contribution in [2.75, 3.05) is 24.5 Å². The van der Waals surface area contributed by atoms with Gasteiger partial charge in [-0.3, -0.25) is 9.59 Å². The Kier molecular flexibility index (Phi) is 5.11. The van der Waals surface area contributed by atoms with Gasteiger partial charge in [-0.05, 0) is 20.8 Å². The minimum Gasteiger partial charge on any atom is -0.350 e. The zero-order valence-corrected chi connectivity index (χ0v) is 15.7. The van der Waals surface area contributed by atoms with Crippen LogP contribution in [0.4, 0.5) is 5.82 Å². The van der Waals surface area contributed by atoms with Crippen LogP contribution in [-0.4, -0.2) is 63.4 Å². The van der Waals surface area contributed by atoms with Gasteiger partial charge in [-0.25, -0.2) is 9.97 Å². The summed E-state index contributed by atoms with van der Waals surface area (Å²) < 4.78 is 0. The molecule has 3 rings (SSSR count). The van der Waals surface area contributed by atoms with E-state index in [2.05, 4.69) is 27.1 Å². The van der Waals surface area contributed by atoms with Crippen molar-refractivity contribution in [1.29, 1.82) is 0 Å². The van der Waals surface area contributed by atoms with Gasteiger partial charge in [0.2, 0.25) is 5.91 Å². The second kappa shape index (κ2) is 7.31. The molecule has 8 heteroatoms. The van der Waals surface area contributed by atoms with Gasteiger partial charge in [0.15, 0.2) is 5.65 Å². The SMILES string of the molecule is CCC(=O)N1CCN(c2cnc3[nH]cc(C(=O)NC(C)C)c3n2)[C@@H](C)C1. The van der Waals surface area contributed by atoms with E-state index in [0.717, 1.165) is 5.82 Å². The third-order valence-electron chi connectivity index (χ3n) is 4.61. The van der Waals surface area contributed by atoms with Crippen molar-refractivity contribution < 1.29 is 9.59 Å². The second-order valence-corrected chi connectivity index (χ2v) is 6.99. The van der Waals surface area contributed by atoms with Crippen LogP contribution in [0.5, 0.6) is 0 Å². The first-order valence-corrected chi connectivity index (χ1v) is 9.10. The van der Waals surface area contributed by atoms with Crippen molar-refractivity contribution in [3.05, 3.63) is 18.0 Å². The van der Waals surface area contributed by atoms with E-state index in [-0.39, 0.29) is 23.9 Å². The van der Waals surface area contributed by atoms with Gasteiger partial charge in [-0.1, -0.05) is 6.92 Å². The fourth-order valence-corrected chi connectivity index (χ4v) is 3.28. The maximum Gasteiger partial charge on any atom is 0.255 e. The molecule has 0 aliphatic carbocycles. The molecule has 3 heterocycles. The Balaban J connectivity index is 1.85. The van der Waals surface area contributed by atoms with E-state index < -0.39 is 0 Å². The lowest BCUT2D eigenvalue weighted by molar-refractivity contribution is -0.131. The van der Waals surface area contributed by atoms with Crippen LogP contribution in [0.3, 0.4) is 0 Å². The molecular weight excluding hydrogens is 332 g/mol. The Morgan fingerprint density at radius 3 is 2.81 bits per heavy atom. The van der Waals surface area contributed by atoms with Gasteiger partial charge in [0.1, 0.15) is 11.3 Å². The van der Waals surface area contributed by atoms with E-state index in [1.807, 2.05) is 25.7 Å². The number of carbonyl (C=O) groups excluding carboxylic acids is 2. The normalized spacial score (nSPS) is 17.8. The van der Waals surface area contributed by atoms with Crippen LogP contribution < -0.4 is 10.2 Å². The highest BCUT2D eigenvalue weighted by Crippen LogP contribution is 2.22. The largest absolute Gasteiger partial charge is 0.350 e. The molecule has 2 amide bonds. The van der Waals surface area contributed by atoms with Crippen molar-refractivity contribution in [3.8, 4) is 0 Å². The highest BCUT2D eigenvalue weighted by Gasteiger charge is 2.27. The summed E-state index contributed by atoms with van der Waals surface area (Å²) in [6, 6.07) is 0.186. The average Bonchev–Trinajstić information content (AvgIpc) is 3.03. The highest BCUT2D eigenvalue weighted by atomic mass is 16.2. The number of aromatic amines is 1. The van der Waals surface area contributed by atoms with Gasteiger partial charge in [0.05, 0.1) is 11.8 Å². The molecule has 140 valence electrons. The molecular formula is C18H26N6O2. The first kappa shape index (κ1) is 18.2. The second-order valence-electron chi connectivity index (χ2n) is 6.99. The third kappa shape index (κ3) is 3.49.